The number of hydrogen-bond acceptors (Lipinski definition) is 1. The number of rotatable bonds is 2. The highest BCUT2D eigenvalue weighted by Gasteiger charge is 2.54. The molecule has 114 valence electrons. The third-order valence-electron chi connectivity index (χ3n) is 4.48. The molecule has 0 aromatic rings. The molecule has 1 nitrogen and oxygen atoms in total. The third-order valence-corrected chi connectivity index (χ3v) is 8.95. The van der Waals surface area contributed by atoms with Gasteiger partial charge in [0.15, 0.2) is 20.7 Å². The summed E-state index contributed by atoms with van der Waals surface area (Å²) in [6.45, 7) is 10.5. The average Bonchev–Trinajstić information content (AvgIpc) is 2.28. The molecule has 1 fully saturated rings. The average molecular weight is 300 g/mol. The summed E-state index contributed by atoms with van der Waals surface area (Å²) >= 11 is 0. The Morgan fingerprint density at radius 2 is 1.21 bits per heavy atom. The lowest BCUT2D eigenvalue weighted by atomic mass is 9.83. The zero-order chi connectivity index (χ0) is 15.2. The molecule has 0 aromatic heterocycles. The van der Waals surface area contributed by atoms with Crippen LogP contribution in [0.1, 0.15) is 27.7 Å². The Labute approximate surface area is 113 Å². The maximum Gasteiger partial charge on any atom is 0.192 e. The van der Waals surface area contributed by atoms with Crippen LogP contribution in [0.25, 0.3) is 0 Å². The molecule has 0 heterocycles. The Morgan fingerprint density at radius 1 is 0.842 bits per heavy atom. The lowest BCUT2D eigenvalue weighted by molar-refractivity contribution is -0.108. The normalized spacial score (nSPS) is 41.4. The van der Waals surface area contributed by atoms with E-state index >= 15 is 0 Å². The van der Waals surface area contributed by atoms with Gasteiger partial charge in [0.1, 0.15) is 18.4 Å². The van der Waals surface area contributed by atoms with Crippen LogP contribution in [0.15, 0.2) is 0 Å². The fourth-order valence-corrected chi connectivity index (χ4v) is 3.23. The topological polar surface area (TPSA) is 9.23 Å². The van der Waals surface area contributed by atoms with Gasteiger partial charge in [-0.15, -0.1) is 0 Å². The van der Waals surface area contributed by atoms with Crippen molar-refractivity contribution in [3.63, 3.8) is 0 Å². The first kappa shape index (κ1) is 16.9. The van der Waals surface area contributed by atoms with Crippen LogP contribution in [-0.4, -0.2) is 39.1 Å². The summed E-state index contributed by atoms with van der Waals surface area (Å²) in [6.07, 6.45) is -9.88. The summed E-state index contributed by atoms with van der Waals surface area (Å²) < 4.78 is 60.8. The maximum absolute atomic E-state index is 13.9. The van der Waals surface area contributed by atoms with Gasteiger partial charge in [-0.05, 0) is 18.1 Å². The molecule has 0 saturated heterocycles. The minimum Gasteiger partial charge on any atom is -0.408 e. The lowest BCUT2D eigenvalue weighted by Crippen LogP contribution is -2.59. The van der Waals surface area contributed by atoms with Gasteiger partial charge in [0.25, 0.3) is 0 Å². The smallest absolute Gasteiger partial charge is 0.192 e. The van der Waals surface area contributed by atoms with Gasteiger partial charge in [-0.1, -0.05) is 27.7 Å². The molecule has 1 saturated carbocycles. The van der Waals surface area contributed by atoms with E-state index < -0.39 is 45.0 Å². The molecule has 0 N–H and O–H groups in total. The van der Waals surface area contributed by atoms with Crippen molar-refractivity contribution >= 4 is 8.32 Å². The highest BCUT2D eigenvalue weighted by atomic mass is 28.4. The molecular formula is C13H24F4OSi. The monoisotopic (exact) mass is 300 g/mol. The van der Waals surface area contributed by atoms with E-state index in [9.17, 15) is 17.6 Å². The summed E-state index contributed by atoms with van der Waals surface area (Å²) in [7, 11) is -2.47. The SMILES string of the molecule is CC1[C@@H](F)[C@@H](F)C(O[Si](C)(C)C(C)(C)C)[C@@H](F)[C@H]1F. The van der Waals surface area contributed by atoms with Crippen molar-refractivity contribution in [3.8, 4) is 0 Å². The molecule has 1 aliphatic carbocycles. The fourth-order valence-electron chi connectivity index (χ4n) is 1.94. The van der Waals surface area contributed by atoms with Gasteiger partial charge < -0.3 is 4.43 Å². The summed E-state index contributed by atoms with van der Waals surface area (Å²) in [4.78, 5) is 0. The van der Waals surface area contributed by atoms with Crippen molar-refractivity contribution in [2.45, 2.75) is 76.6 Å². The number of hydrogen-bond donors (Lipinski definition) is 0. The summed E-state index contributed by atoms with van der Waals surface area (Å²) in [6, 6.07) is 0. The van der Waals surface area contributed by atoms with Gasteiger partial charge in [-0.25, -0.2) is 17.6 Å². The Kier molecular flexibility index (Phi) is 4.77. The van der Waals surface area contributed by atoms with E-state index in [1.165, 1.54) is 6.92 Å². The van der Waals surface area contributed by atoms with E-state index in [2.05, 4.69) is 0 Å². The number of halogens is 4. The summed E-state index contributed by atoms with van der Waals surface area (Å²) in [5, 5.41) is -0.271. The molecule has 19 heavy (non-hydrogen) atoms. The van der Waals surface area contributed by atoms with Crippen LogP contribution in [0.2, 0.25) is 18.1 Å². The van der Waals surface area contributed by atoms with Crippen LogP contribution in [-0.2, 0) is 4.43 Å². The van der Waals surface area contributed by atoms with Crippen molar-refractivity contribution < 1.29 is 22.0 Å². The van der Waals surface area contributed by atoms with Crippen molar-refractivity contribution in [2.24, 2.45) is 5.92 Å². The van der Waals surface area contributed by atoms with E-state index in [-0.39, 0.29) is 5.04 Å². The first-order valence-electron chi connectivity index (χ1n) is 6.64. The predicted octanol–water partition coefficient (Wildman–Crippen LogP) is 4.38. The highest BCUT2D eigenvalue weighted by molar-refractivity contribution is 6.74. The second kappa shape index (κ2) is 5.35. The quantitative estimate of drug-likeness (QED) is 0.543. The van der Waals surface area contributed by atoms with Crippen molar-refractivity contribution in [1.29, 1.82) is 0 Å². The Hall–Kier alpha value is -0.103. The van der Waals surface area contributed by atoms with Gasteiger partial charge in [0.2, 0.25) is 0 Å². The third kappa shape index (κ3) is 3.15. The maximum atomic E-state index is 13.9. The van der Waals surface area contributed by atoms with Gasteiger partial charge in [0.05, 0.1) is 0 Å². The van der Waals surface area contributed by atoms with Crippen molar-refractivity contribution in [3.05, 3.63) is 0 Å². The minimum absolute atomic E-state index is 0.271. The number of alkyl halides is 4. The zero-order valence-corrected chi connectivity index (χ0v) is 13.4. The first-order chi connectivity index (χ1) is 8.40. The van der Waals surface area contributed by atoms with E-state index in [1.54, 1.807) is 0 Å². The second-order valence-electron chi connectivity index (χ2n) is 6.98. The predicted molar refractivity (Wildman–Crippen MR) is 70.8 cm³/mol. The lowest BCUT2D eigenvalue weighted by Gasteiger charge is -2.45. The molecule has 6 heteroatoms. The Bertz CT molecular complexity index is 302. The molecule has 0 amide bonds. The molecule has 0 spiro atoms. The van der Waals surface area contributed by atoms with Crippen molar-refractivity contribution in [1.82, 2.24) is 0 Å². The van der Waals surface area contributed by atoms with Crippen LogP contribution < -0.4 is 0 Å². The summed E-state index contributed by atoms with van der Waals surface area (Å²) in [5.74, 6) is -1.27. The fraction of sp³-hybridized carbons (Fsp3) is 1.00. The molecule has 1 aliphatic rings. The summed E-state index contributed by atoms with van der Waals surface area (Å²) in [5.41, 5.74) is 0. The van der Waals surface area contributed by atoms with E-state index in [1.807, 2.05) is 33.9 Å². The molecular weight excluding hydrogens is 276 g/mol. The molecule has 1 rings (SSSR count). The van der Waals surface area contributed by atoms with E-state index in [0.29, 0.717) is 0 Å². The van der Waals surface area contributed by atoms with Gasteiger partial charge in [-0.2, -0.15) is 0 Å². The zero-order valence-electron chi connectivity index (χ0n) is 12.4. The molecule has 0 radical (unpaired) electrons. The van der Waals surface area contributed by atoms with E-state index in [4.69, 9.17) is 4.43 Å². The highest BCUT2D eigenvalue weighted by Crippen LogP contribution is 2.42. The Morgan fingerprint density at radius 3 is 1.53 bits per heavy atom. The first-order valence-corrected chi connectivity index (χ1v) is 9.55. The Balaban J connectivity index is 2.93. The van der Waals surface area contributed by atoms with Crippen LogP contribution >= 0.6 is 0 Å². The molecule has 0 aliphatic heterocycles. The van der Waals surface area contributed by atoms with Crippen LogP contribution in [0.4, 0.5) is 17.6 Å². The van der Waals surface area contributed by atoms with Crippen LogP contribution in [0.5, 0.6) is 0 Å². The van der Waals surface area contributed by atoms with Gasteiger partial charge >= 0.3 is 0 Å². The molecule has 6 atom stereocenters. The second-order valence-corrected chi connectivity index (χ2v) is 11.7. The van der Waals surface area contributed by atoms with Gasteiger partial charge in [-0.3, -0.25) is 0 Å². The van der Waals surface area contributed by atoms with Gasteiger partial charge in [0, 0.05) is 5.92 Å². The standard InChI is InChI=1S/C13H24F4OSi/c1-7-8(14)10(16)12(11(17)9(7)15)18-19(5,6)13(2,3)4/h7-12H,1-6H3/t7?,8-,9+,10-,11+,12?. The van der Waals surface area contributed by atoms with Crippen molar-refractivity contribution in [2.75, 3.05) is 0 Å². The molecule has 0 aromatic carbocycles. The largest absolute Gasteiger partial charge is 0.408 e. The van der Waals surface area contributed by atoms with Crippen LogP contribution in [0, 0.1) is 5.92 Å². The van der Waals surface area contributed by atoms with E-state index in [0.717, 1.165) is 0 Å². The molecule has 0 bridgehead atoms. The van der Waals surface area contributed by atoms with Crippen LogP contribution in [0.3, 0.4) is 0 Å². The minimum atomic E-state index is -2.47. The molecule has 2 unspecified atom stereocenters.